The van der Waals surface area contributed by atoms with Crippen LogP contribution in [0.1, 0.15) is 31.9 Å². The van der Waals surface area contributed by atoms with E-state index >= 15 is 0 Å². The van der Waals surface area contributed by atoms with Crippen molar-refractivity contribution in [1.29, 1.82) is 0 Å². The third-order valence-electron chi connectivity index (χ3n) is 3.63. The second-order valence-electron chi connectivity index (χ2n) is 4.83. The fourth-order valence-corrected chi connectivity index (χ4v) is 3.31. The number of aryl methyl sites for hydroxylation is 1. The first-order chi connectivity index (χ1) is 8.25. The number of rotatable bonds is 2. The number of hydrogen-bond acceptors (Lipinski definition) is 5. The van der Waals surface area contributed by atoms with Gasteiger partial charge < -0.3 is 5.32 Å². The lowest BCUT2D eigenvalue weighted by atomic mass is 10.1. The molecular formula is C12H16N4S. The summed E-state index contributed by atoms with van der Waals surface area (Å²) in [4.78, 5) is 9.62. The Morgan fingerprint density at radius 3 is 3.00 bits per heavy atom. The third kappa shape index (κ3) is 1.88. The van der Waals surface area contributed by atoms with Crippen molar-refractivity contribution in [3.05, 3.63) is 12.0 Å². The van der Waals surface area contributed by atoms with Crippen LogP contribution >= 0.6 is 11.5 Å². The maximum absolute atomic E-state index is 4.38. The summed E-state index contributed by atoms with van der Waals surface area (Å²) >= 11 is 1.45. The summed E-state index contributed by atoms with van der Waals surface area (Å²) in [5.41, 5.74) is 1.03. The molecule has 1 aliphatic rings. The summed E-state index contributed by atoms with van der Waals surface area (Å²) in [7, 11) is 0. The predicted octanol–water partition coefficient (Wildman–Crippen LogP) is 3.00. The lowest BCUT2D eigenvalue weighted by Gasteiger charge is -2.18. The summed E-state index contributed by atoms with van der Waals surface area (Å²) in [5.74, 6) is 1.69. The van der Waals surface area contributed by atoms with Crippen molar-refractivity contribution in [2.24, 2.45) is 5.92 Å². The van der Waals surface area contributed by atoms with E-state index in [4.69, 9.17) is 0 Å². The van der Waals surface area contributed by atoms with Gasteiger partial charge in [-0.15, -0.1) is 0 Å². The molecule has 2 aromatic rings. The first-order valence-electron chi connectivity index (χ1n) is 6.09. The van der Waals surface area contributed by atoms with E-state index in [1.807, 2.05) is 6.92 Å². The minimum absolute atomic E-state index is 0.549. The SMILES string of the molecule is Cc1nsc2ncnc(NC3CCCC3C)c12. The van der Waals surface area contributed by atoms with Crippen LogP contribution in [-0.4, -0.2) is 20.4 Å². The van der Waals surface area contributed by atoms with E-state index in [0.717, 1.165) is 27.6 Å². The molecule has 1 fully saturated rings. The summed E-state index contributed by atoms with van der Waals surface area (Å²) < 4.78 is 4.35. The van der Waals surface area contributed by atoms with E-state index < -0.39 is 0 Å². The molecule has 0 aliphatic heterocycles. The average Bonchev–Trinajstić information content (AvgIpc) is 2.88. The molecule has 2 unspecified atom stereocenters. The first kappa shape index (κ1) is 10.9. The minimum atomic E-state index is 0.549. The standard InChI is InChI=1S/C12H16N4S/c1-7-4-3-5-9(7)15-11-10-8(2)16-17-12(10)14-6-13-11/h6-7,9H,3-5H2,1-2H3,(H,13,14,15). The largest absolute Gasteiger partial charge is 0.366 e. The number of aromatic nitrogens is 3. The van der Waals surface area contributed by atoms with E-state index in [-0.39, 0.29) is 0 Å². The van der Waals surface area contributed by atoms with Gasteiger partial charge in [0.15, 0.2) is 0 Å². The van der Waals surface area contributed by atoms with Gasteiger partial charge in [-0.3, -0.25) is 0 Å². The molecule has 2 atom stereocenters. The molecule has 0 saturated heterocycles. The summed E-state index contributed by atoms with van der Waals surface area (Å²) in [5, 5.41) is 4.67. The van der Waals surface area contributed by atoms with E-state index in [9.17, 15) is 0 Å². The Kier molecular flexibility index (Phi) is 2.70. The third-order valence-corrected chi connectivity index (χ3v) is 4.47. The molecule has 0 aromatic carbocycles. The second-order valence-corrected chi connectivity index (χ2v) is 5.58. The zero-order valence-corrected chi connectivity index (χ0v) is 10.9. The van der Waals surface area contributed by atoms with Gasteiger partial charge in [0, 0.05) is 6.04 Å². The Bertz CT molecular complexity index is 536. The summed E-state index contributed by atoms with van der Waals surface area (Å²) in [6, 6.07) is 0.549. The number of nitrogens with zero attached hydrogens (tertiary/aromatic N) is 3. The zero-order valence-electron chi connectivity index (χ0n) is 10.1. The Hall–Kier alpha value is -1.23. The molecule has 0 radical (unpaired) electrons. The maximum Gasteiger partial charge on any atom is 0.149 e. The fraction of sp³-hybridized carbons (Fsp3) is 0.583. The summed E-state index contributed by atoms with van der Waals surface area (Å²) in [6.07, 6.45) is 5.49. The molecule has 1 aliphatic carbocycles. The number of nitrogens with one attached hydrogen (secondary N) is 1. The van der Waals surface area contributed by atoms with Crippen LogP contribution in [0.25, 0.3) is 10.2 Å². The molecule has 2 heterocycles. The van der Waals surface area contributed by atoms with Gasteiger partial charge >= 0.3 is 0 Å². The van der Waals surface area contributed by atoms with Crippen molar-refractivity contribution < 1.29 is 0 Å². The van der Waals surface area contributed by atoms with E-state index in [2.05, 4.69) is 26.6 Å². The van der Waals surface area contributed by atoms with Crippen LogP contribution in [0.3, 0.4) is 0 Å². The van der Waals surface area contributed by atoms with Crippen molar-refractivity contribution in [1.82, 2.24) is 14.3 Å². The molecule has 0 spiro atoms. The van der Waals surface area contributed by atoms with Gasteiger partial charge in [-0.1, -0.05) is 13.3 Å². The second kappa shape index (κ2) is 4.22. The van der Waals surface area contributed by atoms with E-state index in [0.29, 0.717) is 6.04 Å². The minimum Gasteiger partial charge on any atom is -0.366 e. The fourth-order valence-electron chi connectivity index (χ4n) is 2.57. The van der Waals surface area contributed by atoms with Gasteiger partial charge in [0.25, 0.3) is 0 Å². The zero-order chi connectivity index (χ0) is 11.8. The highest BCUT2D eigenvalue weighted by Gasteiger charge is 2.24. The smallest absolute Gasteiger partial charge is 0.149 e. The van der Waals surface area contributed by atoms with Crippen molar-refractivity contribution in [3.63, 3.8) is 0 Å². The van der Waals surface area contributed by atoms with Gasteiger partial charge in [-0.25, -0.2) is 9.97 Å². The number of fused-ring (bicyclic) bond motifs is 1. The monoisotopic (exact) mass is 248 g/mol. The van der Waals surface area contributed by atoms with E-state index in [1.165, 1.54) is 30.8 Å². The molecule has 2 aromatic heterocycles. The average molecular weight is 248 g/mol. The van der Waals surface area contributed by atoms with Crippen molar-refractivity contribution in [2.45, 2.75) is 39.2 Å². The Morgan fingerprint density at radius 2 is 2.24 bits per heavy atom. The van der Waals surface area contributed by atoms with Crippen LogP contribution in [0.2, 0.25) is 0 Å². The van der Waals surface area contributed by atoms with Crippen LogP contribution in [0, 0.1) is 12.8 Å². The van der Waals surface area contributed by atoms with Crippen LogP contribution in [0.4, 0.5) is 5.82 Å². The first-order valence-corrected chi connectivity index (χ1v) is 6.86. The highest BCUT2D eigenvalue weighted by molar-refractivity contribution is 7.13. The normalized spacial score (nSPS) is 24.4. The quantitative estimate of drug-likeness (QED) is 0.887. The van der Waals surface area contributed by atoms with Crippen molar-refractivity contribution >= 4 is 27.6 Å². The molecule has 0 bridgehead atoms. The Morgan fingerprint density at radius 1 is 1.35 bits per heavy atom. The molecule has 4 nitrogen and oxygen atoms in total. The van der Waals surface area contributed by atoms with Gasteiger partial charge in [-0.2, -0.15) is 4.37 Å². The van der Waals surface area contributed by atoms with Crippen LogP contribution in [0.5, 0.6) is 0 Å². The maximum atomic E-state index is 4.38. The van der Waals surface area contributed by atoms with Gasteiger partial charge in [0.1, 0.15) is 17.0 Å². The lowest BCUT2D eigenvalue weighted by molar-refractivity contribution is 0.555. The molecule has 1 saturated carbocycles. The van der Waals surface area contributed by atoms with Crippen LogP contribution < -0.4 is 5.32 Å². The van der Waals surface area contributed by atoms with Gasteiger partial charge in [-0.05, 0) is 37.2 Å². The molecular weight excluding hydrogens is 232 g/mol. The van der Waals surface area contributed by atoms with Crippen molar-refractivity contribution in [3.8, 4) is 0 Å². The number of anilines is 1. The van der Waals surface area contributed by atoms with Gasteiger partial charge in [0.05, 0.1) is 11.1 Å². The Labute approximate surface area is 105 Å². The molecule has 1 N–H and O–H groups in total. The van der Waals surface area contributed by atoms with Crippen LogP contribution in [0.15, 0.2) is 6.33 Å². The van der Waals surface area contributed by atoms with Gasteiger partial charge in [0.2, 0.25) is 0 Å². The molecule has 3 rings (SSSR count). The van der Waals surface area contributed by atoms with Crippen molar-refractivity contribution in [2.75, 3.05) is 5.32 Å². The lowest BCUT2D eigenvalue weighted by Crippen LogP contribution is -2.22. The van der Waals surface area contributed by atoms with Crippen LogP contribution in [-0.2, 0) is 0 Å². The predicted molar refractivity (Wildman–Crippen MR) is 70.4 cm³/mol. The molecule has 90 valence electrons. The number of hydrogen-bond donors (Lipinski definition) is 1. The highest BCUT2D eigenvalue weighted by Crippen LogP contribution is 2.31. The Balaban J connectivity index is 1.97. The van der Waals surface area contributed by atoms with E-state index in [1.54, 1.807) is 6.33 Å². The topological polar surface area (TPSA) is 50.7 Å². The molecule has 0 amide bonds. The highest BCUT2D eigenvalue weighted by atomic mass is 32.1. The molecule has 5 heteroatoms. The summed E-state index contributed by atoms with van der Waals surface area (Å²) in [6.45, 7) is 4.33. The molecule has 17 heavy (non-hydrogen) atoms.